The lowest BCUT2D eigenvalue weighted by atomic mass is 10.2. The van der Waals surface area contributed by atoms with Gasteiger partial charge in [0.15, 0.2) is 0 Å². The molecule has 1 aliphatic heterocycles. The highest BCUT2D eigenvalue weighted by molar-refractivity contribution is 5.93. The average Bonchev–Trinajstić information content (AvgIpc) is 2.79. The first-order valence-corrected chi connectivity index (χ1v) is 5.40. The molecular formula is C10H11F3N4O. The number of amides is 1. The lowest BCUT2D eigenvalue weighted by Gasteiger charge is -2.25. The van der Waals surface area contributed by atoms with Crippen LogP contribution in [-0.2, 0) is 4.79 Å². The molecule has 1 atom stereocenters. The van der Waals surface area contributed by atoms with Crippen LogP contribution in [0.15, 0.2) is 18.5 Å². The molecule has 2 rings (SSSR count). The molecule has 98 valence electrons. The summed E-state index contributed by atoms with van der Waals surface area (Å²) in [5, 5.41) is 2.28. The van der Waals surface area contributed by atoms with Gasteiger partial charge < -0.3 is 0 Å². The van der Waals surface area contributed by atoms with Gasteiger partial charge >= 0.3 is 6.30 Å². The molecule has 5 nitrogen and oxygen atoms in total. The van der Waals surface area contributed by atoms with Crippen LogP contribution < -0.4 is 5.32 Å². The second-order valence-electron chi connectivity index (χ2n) is 3.88. The predicted molar refractivity (Wildman–Crippen MR) is 56.4 cm³/mol. The van der Waals surface area contributed by atoms with Gasteiger partial charge in [-0.25, -0.2) is 14.9 Å². The van der Waals surface area contributed by atoms with Crippen LogP contribution in [0, 0.1) is 0 Å². The molecule has 1 unspecified atom stereocenters. The summed E-state index contributed by atoms with van der Waals surface area (Å²) >= 11 is 0. The lowest BCUT2D eigenvalue weighted by molar-refractivity contribution is -0.248. The zero-order chi connectivity index (χ0) is 13.2. The minimum Gasteiger partial charge on any atom is -0.293 e. The molecule has 1 aliphatic rings. The van der Waals surface area contributed by atoms with Crippen molar-refractivity contribution >= 4 is 11.9 Å². The van der Waals surface area contributed by atoms with Crippen molar-refractivity contribution in [3.8, 4) is 0 Å². The number of aromatic nitrogens is 2. The second kappa shape index (κ2) is 4.89. The number of anilines is 1. The van der Waals surface area contributed by atoms with Crippen molar-refractivity contribution in [3.05, 3.63) is 18.5 Å². The first-order chi connectivity index (χ1) is 8.48. The molecule has 1 saturated heterocycles. The van der Waals surface area contributed by atoms with Crippen molar-refractivity contribution in [2.24, 2.45) is 0 Å². The third-order valence-electron chi connectivity index (χ3n) is 2.68. The minimum atomic E-state index is -4.49. The molecule has 0 aromatic carbocycles. The molecule has 1 fully saturated rings. The number of nitrogens with one attached hydrogen (secondary N) is 1. The van der Waals surface area contributed by atoms with Crippen molar-refractivity contribution < 1.29 is 18.0 Å². The molecule has 0 radical (unpaired) electrons. The van der Waals surface area contributed by atoms with Gasteiger partial charge in [0.05, 0.1) is 6.04 Å². The normalized spacial score (nSPS) is 20.9. The predicted octanol–water partition coefficient (Wildman–Crippen LogP) is 1.40. The van der Waals surface area contributed by atoms with E-state index in [2.05, 4.69) is 15.3 Å². The Morgan fingerprint density at radius 3 is 2.67 bits per heavy atom. The van der Waals surface area contributed by atoms with Gasteiger partial charge in [-0.05, 0) is 18.9 Å². The largest absolute Gasteiger partial charge is 0.460 e. The maximum atomic E-state index is 12.6. The summed E-state index contributed by atoms with van der Waals surface area (Å²) in [6.45, 7) is -0.156. The van der Waals surface area contributed by atoms with Crippen molar-refractivity contribution in [1.82, 2.24) is 14.9 Å². The Hall–Kier alpha value is -1.70. The zero-order valence-corrected chi connectivity index (χ0v) is 9.31. The van der Waals surface area contributed by atoms with Crippen molar-refractivity contribution in [2.75, 3.05) is 11.9 Å². The third kappa shape index (κ3) is 2.76. The van der Waals surface area contributed by atoms with Gasteiger partial charge in [-0.15, -0.1) is 0 Å². The van der Waals surface area contributed by atoms with Crippen LogP contribution in [0.5, 0.6) is 0 Å². The first kappa shape index (κ1) is 12.7. The van der Waals surface area contributed by atoms with E-state index in [9.17, 15) is 18.0 Å². The highest BCUT2D eigenvalue weighted by atomic mass is 19.4. The summed E-state index contributed by atoms with van der Waals surface area (Å²) in [7, 11) is 0. The molecular weight excluding hydrogens is 249 g/mol. The Labute approximate surface area is 101 Å². The maximum absolute atomic E-state index is 12.6. The van der Waals surface area contributed by atoms with Gasteiger partial charge in [0.25, 0.3) is 0 Å². The second-order valence-corrected chi connectivity index (χ2v) is 3.88. The van der Waals surface area contributed by atoms with E-state index in [4.69, 9.17) is 0 Å². The molecule has 8 heteroatoms. The van der Waals surface area contributed by atoms with Gasteiger partial charge in [-0.1, -0.05) is 0 Å². The van der Waals surface area contributed by atoms with Gasteiger partial charge in [-0.2, -0.15) is 13.2 Å². The van der Waals surface area contributed by atoms with E-state index in [1.54, 1.807) is 6.07 Å². The number of carbonyl (C=O) groups excluding carboxylic acids is 1. The number of alkyl halides is 3. The third-order valence-corrected chi connectivity index (χ3v) is 2.68. The number of halogens is 3. The summed E-state index contributed by atoms with van der Waals surface area (Å²) < 4.78 is 37.9. The summed E-state index contributed by atoms with van der Waals surface area (Å²) in [6, 6.07) is 0.349. The number of nitrogens with zero attached hydrogens (tertiary/aromatic N) is 3. The van der Waals surface area contributed by atoms with Gasteiger partial charge in [0.1, 0.15) is 0 Å². The molecule has 0 aliphatic carbocycles. The Kier molecular flexibility index (Phi) is 3.46. The maximum Gasteiger partial charge on any atom is 0.460 e. The molecule has 1 amide bonds. The molecule has 1 N–H and O–H groups in total. The number of carbonyl (C=O) groups is 1. The summed E-state index contributed by atoms with van der Waals surface area (Å²) in [6.07, 6.45) is -1.17. The Morgan fingerprint density at radius 1 is 1.39 bits per heavy atom. The monoisotopic (exact) mass is 260 g/mol. The van der Waals surface area contributed by atoms with Crippen LogP contribution in [-0.4, -0.2) is 39.7 Å². The van der Waals surface area contributed by atoms with Crippen molar-refractivity contribution in [2.45, 2.75) is 25.2 Å². The summed E-state index contributed by atoms with van der Waals surface area (Å²) in [5.74, 6) is -0.715. The molecule has 1 aromatic heterocycles. The van der Waals surface area contributed by atoms with Crippen LogP contribution in [0.25, 0.3) is 0 Å². The Balaban J connectivity index is 2.05. The van der Waals surface area contributed by atoms with Crippen LogP contribution in [0.2, 0.25) is 0 Å². The van der Waals surface area contributed by atoms with Crippen LogP contribution in [0.4, 0.5) is 19.1 Å². The fourth-order valence-corrected chi connectivity index (χ4v) is 1.90. The summed E-state index contributed by atoms with van der Waals surface area (Å²) in [4.78, 5) is 19.4. The zero-order valence-electron chi connectivity index (χ0n) is 9.31. The number of rotatable bonds is 2. The van der Waals surface area contributed by atoms with Gasteiger partial charge in [0.2, 0.25) is 11.9 Å². The number of hydrogen-bond acceptors (Lipinski definition) is 4. The molecule has 0 saturated carbocycles. The first-order valence-electron chi connectivity index (χ1n) is 5.40. The Bertz CT molecular complexity index is 423. The van der Waals surface area contributed by atoms with Gasteiger partial charge in [0, 0.05) is 18.9 Å². The van der Waals surface area contributed by atoms with Crippen molar-refractivity contribution in [1.29, 1.82) is 0 Å². The van der Waals surface area contributed by atoms with Gasteiger partial charge in [-0.3, -0.25) is 10.1 Å². The number of likely N-dealkylation sites (tertiary alicyclic amines) is 1. The van der Waals surface area contributed by atoms with E-state index in [0.29, 0.717) is 6.42 Å². The SMILES string of the molecule is O=C(Nc1ncccn1)C1CCCN1C(F)(F)F. The summed E-state index contributed by atoms with van der Waals surface area (Å²) in [5.41, 5.74) is 0. The topological polar surface area (TPSA) is 58.1 Å². The molecule has 0 bridgehead atoms. The fraction of sp³-hybridized carbons (Fsp3) is 0.500. The molecule has 0 spiro atoms. The van der Waals surface area contributed by atoms with Crippen LogP contribution in [0.1, 0.15) is 12.8 Å². The van der Waals surface area contributed by atoms with E-state index in [-0.39, 0.29) is 23.8 Å². The van der Waals surface area contributed by atoms with E-state index in [1.165, 1.54) is 12.4 Å². The lowest BCUT2D eigenvalue weighted by Crippen LogP contribution is -2.47. The molecule has 1 aromatic rings. The smallest absolute Gasteiger partial charge is 0.293 e. The molecule has 18 heavy (non-hydrogen) atoms. The van der Waals surface area contributed by atoms with E-state index in [1.807, 2.05) is 0 Å². The van der Waals surface area contributed by atoms with Crippen LogP contribution in [0.3, 0.4) is 0 Å². The van der Waals surface area contributed by atoms with E-state index >= 15 is 0 Å². The van der Waals surface area contributed by atoms with E-state index in [0.717, 1.165) is 0 Å². The van der Waals surface area contributed by atoms with E-state index < -0.39 is 18.2 Å². The highest BCUT2D eigenvalue weighted by Gasteiger charge is 2.47. The average molecular weight is 260 g/mol. The minimum absolute atomic E-state index is 0.0107. The van der Waals surface area contributed by atoms with Crippen LogP contribution >= 0.6 is 0 Å². The molecule has 2 heterocycles. The quantitative estimate of drug-likeness (QED) is 0.816. The van der Waals surface area contributed by atoms with Crippen molar-refractivity contribution in [3.63, 3.8) is 0 Å². The standard InChI is InChI=1S/C10H11F3N4O/c11-10(12,13)17-6-1-3-7(17)8(18)16-9-14-4-2-5-15-9/h2,4-5,7H,1,3,6H2,(H,14,15,16,18). The fourth-order valence-electron chi connectivity index (χ4n) is 1.90. The highest BCUT2D eigenvalue weighted by Crippen LogP contribution is 2.30. The number of hydrogen-bond donors (Lipinski definition) is 1. The Morgan fingerprint density at radius 2 is 2.06 bits per heavy atom.